The Labute approximate surface area is 174 Å². The molecule has 0 spiro atoms. The Morgan fingerprint density at radius 2 is 1.87 bits per heavy atom. The standard InChI is InChI=1S/C21H25N5O4/c1-12-9-13(2)26-20(22-12)24-18(25-26)19(28)30-11-17(27)23-15-10-14(21(3,4)5)7-8-16(15)29-6/h7-10H,11H2,1-6H3,(H,23,27). The van der Waals surface area contributed by atoms with Gasteiger partial charge in [-0.15, -0.1) is 5.10 Å². The topological polar surface area (TPSA) is 108 Å². The average Bonchev–Trinajstić information content (AvgIpc) is 3.10. The molecular weight excluding hydrogens is 386 g/mol. The van der Waals surface area contributed by atoms with Crippen molar-refractivity contribution in [3.8, 4) is 5.75 Å². The minimum atomic E-state index is -0.803. The Morgan fingerprint density at radius 1 is 1.13 bits per heavy atom. The van der Waals surface area contributed by atoms with Crippen molar-refractivity contribution in [2.75, 3.05) is 19.0 Å². The quantitative estimate of drug-likeness (QED) is 0.643. The van der Waals surface area contributed by atoms with Crippen molar-refractivity contribution in [2.24, 2.45) is 0 Å². The highest BCUT2D eigenvalue weighted by molar-refractivity contribution is 5.95. The number of methoxy groups -OCH3 is 1. The summed E-state index contributed by atoms with van der Waals surface area (Å²) in [4.78, 5) is 32.9. The number of anilines is 1. The number of rotatable bonds is 5. The van der Waals surface area contributed by atoms with Crippen molar-refractivity contribution in [3.63, 3.8) is 0 Å². The van der Waals surface area contributed by atoms with E-state index in [1.807, 2.05) is 32.0 Å². The minimum Gasteiger partial charge on any atom is -0.495 e. The third-order valence-electron chi connectivity index (χ3n) is 4.47. The van der Waals surface area contributed by atoms with Gasteiger partial charge in [-0.05, 0) is 43.0 Å². The molecule has 0 saturated heterocycles. The number of aromatic nitrogens is 4. The van der Waals surface area contributed by atoms with E-state index >= 15 is 0 Å². The van der Waals surface area contributed by atoms with Crippen molar-refractivity contribution in [2.45, 2.75) is 40.0 Å². The van der Waals surface area contributed by atoms with E-state index in [4.69, 9.17) is 9.47 Å². The first-order chi connectivity index (χ1) is 14.1. The first-order valence-electron chi connectivity index (χ1n) is 9.45. The second-order valence-corrected chi connectivity index (χ2v) is 7.98. The second kappa shape index (κ2) is 8.10. The molecule has 0 radical (unpaired) electrons. The molecule has 0 fully saturated rings. The van der Waals surface area contributed by atoms with Gasteiger partial charge in [0.15, 0.2) is 6.61 Å². The number of carbonyl (C=O) groups excluding carboxylic acids is 2. The predicted molar refractivity (Wildman–Crippen MR) is 111 cm³/mol. The SMILES string of the molecule is COc1ccc(C(C)(C)C)cc1NC(=O)COC(=O)c1nc2nc(C)cc(C)n2n1. The van der Waals surface area contributed by atoms with Gasteiger partial charge in [0.05, 0.1) is 12.8 Å². The molecule has 9 nitrogen and oxygen atoms in total. The summed E-state index contributed by atoms with van der Waals surface area (Å²) >= 11 is 0. The fourth-order valence-corrected chi connectivity index (χ4v) is 2.91. The minimum absolute atomic E-state index is 0.0997. The van der Waals surface area contributed by atoms with Gasteiger partial charge in [-0.3, -0.25) is 4.79 Å². The monoisotopic (exact) mass is 411 g/mol. The first-order valence-corrected chi connectivity index (χ1v) is 9.45. The van der Waals surface area contributed by atoms with Gasteiger partial charge < -0.3 is 14.8 Å². The molecule has 0 atom stereocenters. The predicted octanol–water partition coefficient (Wildman–Crippen LogP) is 2.84. The third kappa shape index (κ3) is 4.56. The van der Waals surface area contributed by atoms with Gasteiger partial charge in [0.2, 0.25) is 0 Å². The fraction of sp³-hybridized carbons (Fsp3) is 0.381. The van der Waals surface area contributed by atoms with Gasteiger partial charge in [0.1, 0.15) is 5.75 Å². The van der Waals surface area contributed by atoms with E-state index in [9.17, 15) is 9.59 Å². The third-order valence-corrected chi connectivity index (χ3v) is 4.47. The summed E-state index contributed by atoms with van der Waals surface area (Å²) in [5.41, 5.74) is 2.98. The van der Waals surface area contributed by atoms with E-state index < -0.39 is 18.5 Å². The van der Waals surface area contributed by atoms with Crippen LogP contribution in [-0.4, -0.2) is 45.2 Å². The number of esters is 1. The lowest BCUT2D eigenvalue weighted by molar-refractivity contribution is -0.119. The number of aryl methyl sites for hydroxylation is 2. The van der Waals surface area contributed by atoms with E-state index in [1.165, 1.54) is 11.6 Å². The fourth-order valence-electron chi connectivity index (χ4n) is 2.91. The van der Waals surface area contributed by atoms with Crippen LogP contribution >= 0.6 is 0 Å². The van der Waals surface area contributed by atoms with E-state index in [0.717, 1.165) is 17.0 Å². The molecule has 0 aliphatic carbocycles. The number of fused-ring (bicyclic) bond motifs is 1. The van der Waals surface area contributed by atoms with Gasteiger partial charge in [0, 0.05) is 11.4 Å². The van der Waals surface area contributed by atoms with Crippen molar-refractivity contribution in [3.05, 3.63) is 47.0 Å². The Hall–Kier alpha value is -3.49. The molecule has 2 aromatic heterocycles. The van der Waals surface area contributed by atoms with Crippen LogP contribution in [0.2, 0.25) is 0 Å². The normalized spacial score (nSPS) is 11.4. The molecule has 2 heterocycles. The summed E-state index contributed by atoms with van der Waals surface area (Å²) in [7, 11) is 1.52. The first kappa shape index (κ1) is 21.2. The zero-order valence-corrected chi connectivity index (χ0v) is 17.9. The summed E-state index contributed by atoms with van der Waals surface area (Å²) in [5.74, 6) is -0.643. The number of amides is 1. The van der Waals surface area contributed by atoms with E-state index in [-0.39, 0.29) is 11.2 Å². The average molecular weight is 411 g/mol. The Morgan fingerprint density at radius 3 is 2.53 bits per heavy atom. The van der Waals surface area contributed by atoms with Crippen molar-refractivity contribution < 1.29 is 19.1 Å². The summed E-state index contributed by atoms with van der Waals surface area (Å²) in [6, 6.07) is 7.41. The summed E-state index contributed by atoms with van der Waals surface area (Å²) in [6.07, 6.45) is 0. The van der Waals surface area contributed by atoms with Crippen LogP contribution in [0, 0.1) is 13.8 Å². The molecule has 3 aromatic rings. The number of hydrogen-bond donors (Lipinski definition) is 1. The van der Waals surface area contributed by atoms with Crippen LogP contribution in [0.5, 0.6) is 5.75 Å². The van der Waals surface area contributed by atoms with E-state index in [0.29, 0.717) is 17.2 Å². The number of ether oxygens (including phenoxy) is 2. The maximum Gasteiger partial charge on any atom is 0.378 e. The molecule has 0 unspecified atom stereocenters. The van der Waals surface area contributed by atoms with Crippen LogP contribution in [-0.2, 0) is 14.9 Å². The summed E-state index contributed by atoms with van der Waals surface area (Å²) < 4.78 is 11.8. The van der Waals surface area contributed by atoms with Crippen LogP contribution in [0.1, 0.15) is 48.3 Å². The van der Waals surface area contributed by atoms with Crippen LogP contribution in [0.25, 0.3) is 5.78 Å². The van der Waals surface area contributed by atoms with Crippen LogP contribution in [0.15, 0.2) is 24.3 Å². The largest absolute Gasteiger partial charge is 0.495 e. The van der Waals surface area contributed by atoms with E-state index in [2.05, 4.69) is 41.2 Å². The van der Waals surface area contributed by atoms with Gasteiger partial charge in [0.25, 0.3) is 17.5 Å². The van der Waals surface area contributed by atoms with Gasteiger partial charge >= 0.3 is 5.97 Å². The van der Waals surface area contributed by atoms with Gasteiger partial charge in [-0.25, -0.2) is 14.3 Å². The molecule has 0 bridgehead atoms. The smallest absolute Gasteiger partial charge is 0.378 e. The Balaban J connectivity index is 1.69. The highest BCUT2D eigenvalue weighted by Gasteiger charge is 2.20. The molecule has 3 rings (SSSR count). The van der Waals surface area contributed by atoms with Crippen molar-refractivity contribution in [1.29, 1.82) is 0 Å². The molecule has 0 aliphatic rings. The maximum absolute atomic E-state index is 12.3. The summed E-state index contributed by atoms with van der Waals surface area (Å²) in [5, 5.41) is 6.82. The van der Waals surface area contributed by atoms with Crippen molar-refractivity contribution in [1.82, 2.24) is 19.6 Å². The molecule has 158 valence electrons. The Bertz CT molecular complexity index is 1110. The van der Waals surface area contributed by atoms with Gasteiger partial charge in [-0.1, -0.05) is 26.8 Å². The van der Waals surface area contributed by atoms with Crippen molar-refractivity contribution >= 4 is 23.3 Å². The molecule has 0 saturated carbocycles. The number of nitrogens with one attached hydrogen (secondary N) is 1. The lowest BCUT2D eigenvalue weighted by Gasteiger charge is -2.21. The van der Waals surface area contributed by atoms with Crippen LogP contribution in [0.4, 0.5) is 5.69 Å². The molecule has 1 N–H and O–H groups in total. The highest BCUT2D eigenvalue weighted by atomic mass is 16.5. The number of nitrogens with zero attached hydrogens (tertiary/aromatic N) is 4. The number of carbonyl (C=O) groups is 2. The lowest BCUT2D eigenvalue weighted by Crippen LogP contribution is -2.22. The number of hydrogen-bond acceptors (Lipinski definition) is 7. The number of benzene rings is 1. The second-order valence-electron chi connectivity index (χ2n) is 7.98. The highest BCUT2D eigenvalue weighted by Crippen LogP contribution is 2.31. The maximum atomic E-state index is 12.3. The lowest BCUT2D eigenvalue weighted by atomic mass is 9.87. The molecule has 0 aliphatic heterocycles. The zero-order chi connectivity index (χ0) is 22.1. The molecule has 30 heavy (non-hydrogen) atoms. The molecular formula is C21H25N5O4. The molecule has 1 amide bonds. The van der Waals surface area contributed by atoms with E-state index in [1.54, 1.807) is 6.07 Å². The van der Waals surface area contributed by atoms with Gasteiger partial charge in [-0.2, -0.15) is 4.98 Å². The van der Waals surface area contributed by atoms with Crippen LogP contribution in [0.3, 0.4) is 0 Å². The zero-order valence-electron chi connectivity index (χ0n) is 17.9. The van der Waals surface area contributed by atoms with Crippen LogP contribution < -0.4 is 10.1 Å². The molecule has 1 aromatic carbocycles. The molecule has 9 heteroatoms. The summed E-state index contributed by atoms with van der Waals surface area (Å²) in [6.45, 7) is 9.39. The Kier molecular flexibility index (Phi) is 5.73.